The summed E-state index contributed by atoms with van der Waals surface area (Å²) in [7, 11) is 0. The summed E-state index contributed by atoms with van der Waals surface area (Å²) in [6.07, 6.45) is -13.4. The lowest BCUT2D eigenvalue weighted by atomic mass is 9.71. The van der Waals surface area contributed by atoms with Crippen LogP contribution in [0.2, 0.25) is 0 Å². The number of amides is 1. The van der Waals surface area contributed by atoms with Gasteiger partial charge in [0.1, 0.15) is 36.6 Å². The van der Waals surface area contributed by atoms with Crippen molar-refractivity contribution in [2.45, 2.75) is 117 Å². The molecule has 2 aliphatic carbocycles. The zero-order chi connectivity index (χ0) is 30.4. The molecule has 17 N–H and O–H groups in total. The molecule has 2 heterocycles. The van der Waals surface area contributed by atoms with Gasteiger partial charge in [0.15, 0.2) is 11.9 Å². The molecule has 0 spiro atoms. The summed E-state index contributed by atoms with van der Waals surface area (Å²) in [4.78, 5) is 12.9. The number of carbonyl (C=O) groups is 1. The van der Waals surface area contributed by atoms with Gasteiger partial charge in [-0.05, 0) is 13.0 Å². The van der Waals surface area contributed by atoms with Gasteiger partial charge in [-0.25, -0.2) is 0 Å². The van der Waals surface area contributed by atoms with Crippen LogP contribution in [0.1, 0.15) is 19.8 Å². The van der Waals surface area contributed by atoms with E-state index in [4.69, 9.17) is 37.1 Å². The van der Waals surface area contributed by atoms with Crippen LogP contribution in [0.25, 0.3) is 0 Å². The number of hydrogen-bond acceptors (Lipinski definition) is 16. The number of hydrogen-bond donors (Lipinski definition) is 13. The first kappa shape index (κ1) is 32.8. The van der Waals surface area contributed by atoms with Gasteiger partial charge in [-0.1, -0.05) is 6.92 Å². The first-order valence-electron chi connectivity index (χ1n) is 14.0. The average Bonchev–Trinajstić information content (AvgIpc) is 3.56. The first-order chi connectivity index (χ1) is 19.3. The van der Waals surface area contributed by atoms with Crippen molar-refractivity contribution in [2.24, 2.45) is 28.9 Å². The van der Waals surface area contributed by atoms with E-state index < -0.39 is 115 Å². The quantitative estimate of drug-likeness (QED) is 0.118. The minimum absolute atomic E-state index is 0.0296. The zero-order valence-corrected chi connectivity index (χ0v) is 22.8. The molecule has 17 heteroatoms. The van der Waals surface area contributed by atoms with Crippen molar-refractivity contribution in [1.29, 1.82) is 0 Å². The molecule has 0 aromatic carbocycles. The summed E-state index contributed by atoms with van der Waals surface area (Å²) in [5.41, 5.74) is 22.6. The summed E-state index contributed by atoms with van der Waals surface area (Å²) in [5.74, 6) is -1.81. The number of carbonyl (C=O) groups excluding carboxylic acids is 1. The van der Waals surface area contributed by atoms with Gasteiger partial charge in [0.2, 0.25) is 0 Å². The van der Waals surface area contributed by atoms with Crippen molar-refractivity contribution in [2.75, 3.05) is 19.7 Å². The van der Waals surface area contributed by atoms with Crippen LogP contribution < -0.4 is 33.6 Å². The second-order valence-electron chi connectivity index (χ2n) is 11.7. The van der Waals surface area contributed by atoms with Gasteiger partial charge in [0.25, 0.3) is 5.91 Å². The highest BCUT2D eigenvalue weighted by molar-refractivity contribution is 5.89. The molecular formula is C24H46N6O11. The van der Waals surface area contributed by atoms with Gasteiger partial charge in [0, 0.05) is 31.0 Å². The smallest absolute Gasteiger partial charge is 0.253 e. The standard InChI is InChI=1S/C24H46N6O11/c1-2-29-5-9-16(33)18(35)14(28)21(39-9)12-7(25)3-8(30-23(37)24(38)4-11(24)26)20(17(12)34)41-22-19(36)13(27)15(32)10(6-31)40-22/h7-22,29,31-36,38H,2-6,25-28H2,1H3,(H,30,37)/t7-,8+,9+,10+,11?,12?,13-,14+,15+,16+,17-,18+,19+,20-,21+,22+,24?/m0/s1. The molecule has 238 valence electrons. The highest BCUT2D eigenvalue weighted by Gasteiger charge is 2.60. The second kappa shape index (κ2) is 12.8. The molecule has 4 aliphatic rings. The van der Waals surface area contributed by atoms with Gasteiger partial charge in [-0.2, -0.15) is 0 Å². The van der Waals surface area contributed by atoms with Crippen molar-refractivity contribution in [3.8, 4) is 0 Å². The molecule has 2 saturated carbocycles. The topological polar surface area (TPSA) is 315 Å². The van der Waals surface area contributed by atoms with Crippen LogP contribution in [0.3, 0.4) is 0 Å². The number of nitrogens with two attached hydrogens (primary N) is 4. The minimum atomic E-state index is -1.81. The minimum Gasteiger partial charge on any atom is -0.394 e. The molecule has 0 radical (unpaired) electrons. The number of nitrogens with one attached hydrogen (secondary N) is 2. The summed E-state index contributed by atoms with van der Waals surface area (Å²) in [6.45, 7) is 1.95. The Labute approximate surface area is 237 Å². The maximum Gasteiger partial charge on any atom is 0.253 e. The van der Waals surface area contributed by atoms with Crippen molar-refractivity contribution >= 4 is 5.91 Å². The number of rotatable bonds is 9. The van der Waals surface area contributed by atoms with Crippen LogP contribution in [0.4, 0.5) is 0 Å². The largest absolute Gasteiger partial charge is 0.394 e. The van der Waals surface area contributed by atoms with Crippen molar-refractivity contribution in [3.63, 3.8) is 0 Å². The Morgan fingerprint density at radius 2 is 1.61 bits per heavy atom. The van der Waals surface area contributed by atoms with Crippen LogP contribution in [0.15, 0.2) is 0 Å². The second-order valence-corrected chi connectivity index (χ2v) is 11.7. The van der Waals surface area contributed by atoms with Crippen molar-refractivity contribution in [3.05, 3.63) is 0 Å². The maximum atomic E-state index is 12.9. The summed E-state index contributed by atoms with van der Waals surface area (Å²) in [6, 6.07) is -5.14. The molecule has 4 rings (SSSR count). The van der Waals surface area contributed by atoms with Gasteiger partial charge in [0.05, 0.1) is 43.0 Å². The molecule has 0 aromatic heterocycles. The fourth-order valence-corrected chi connectivity index (χ4v) is 6.08. The normalized spacial score (nSPS) is 52.2. The van der Waals surface area contributed by atoms with E-state index in [2.05, 4.69) is 10.6 Å². The van der Waals surface area contributed by atoms with Gasteiger partial charge in [-0.3, -0.25) is 4.79 Å². The Balaban J connectivity index is 1.61. The molecule has 2 aliphatic heterocycles. The molecule has 1 amide bonds. The molecule has 4 fully saturated rings. The van der Waals surface area contributed by atoms with Crippen LogP contribution in [0.5, 0.6) is 0 Å². The zero-order valence-electron chi connectivity index (χ0n) is 22.8. The fourth-order valence-electron chi connectivity index (χ4n) is 6.08. The van der Waals surface area contributed by atoms with Crippen LogP contribution in [-0.2, 0) is 19.0 Å². The van der Waals surface area contributed by atoms with Gasteiger partial charge < -0.3 is 83.5 Å². The Morgan fingerprint density at radius 3 is 2.20 bits per heavy atom. The lowest BCUT2D eigenvalue weighted by molar-refractivity contribution is -0.307. The van der Waals surface area contributed by atoms with E-state index in [9.17, 15) is 40.5 Å². The number of aliphatic hydroxyl groups is 7. The van der Waals surface area contributed by atoms with E-state index >= 15 is 0 Å². The van der Waals surface area contributed by atoms with Gasteiger partial charge in [-0.15, -0.1) is 0 Å². The number of aliphatic hydroxyl groups excluding tert-OH is 6. The highest BCUT2D eigenvalue weighted by atomic mass is 16.7. The monoisotopic (exact) mass is 594 g/mol. The van der Waals surface area contributed by atoms with Crippen molar-refractivity contribution in [1.82, 2.24) is 10.6 Å². The summed E-state index contributed by atoms with van der Waals surface area (Å²) in [5, 5.41) is 79.6. The molecule has 41 heavy (non-hydrogen) atoms. The number of ether oxygens (including phenoxy) is 3. The SMILES string of the molecule is CCNC[C@H]1O[C@H](C2[C@@H](N)C[C@@H](NC(=O)C3(O)CC3N)[C@H](O[C@H]3O[C@H](CO)[C@@H](O)[C@H](N)[C@H]3O)[C@H]2O)[C@H](N)[C@@H](O)[C@@H]1O. The molecule has 0 aromatic rings. The molecule has 0 bridgehead atoms. The average molecular weight is 595 g/mol. The van der Waals surface area contributed by atoms with Crippen LogP contribution in [-0.4, -0.2) is 158 Å². The molecule has 17 atom stereocenters. The molecule has 17 nitrogen and oxygen atoms in total. The maximum absolute atomic E-state index is 12.9. The Morgan fingerprint density at radius 1 is 0.951 bits per heavy atom. The van der Waals surface area contributed by atoms with Crippen LogP contribution >= 0.6 is 0 Å². The molecular weight excluding hydrogens is 548 g/mol. The molecule has 2 saturated heterocycles. The van der Waals surface area contributed by atoms with E-state index in [1.165, 1.54) is 0 Å². The van der Waals surface area contributed by atoms with Crippen molar-refractivity contribution < 1.29 is 54.8 Å². The lowest BCUT2D eigenvalue weighted by Crippen LogP contribution is -2.72. The predicted molar refractivity (Wildman–Crippen MR) is 139 cm³/mol. The molecule has 3 unspecified atom stereocenters. The van der Waals surface area contributed by atoms with E-state index in [1.807, 2.05) is 6.92 Å². The van der Waals surface area contributed by atoms with Gasteiger partial charge >= 0.3 is 0 Å². The third-order valence-corrected chi connectivity index (χ3v) is 8.88. The Kier molecular flexibility index (Phi) is 10.3. The first-order valence-corrected chi connectivity index (χ1v) is 14.0. The van der Waals surface area contributed by atoms with E-state index in [-0.39, 0.29) is 19.4 Å². The lowest BCUT2D eigenvalue weighted by Gasteiger charge is -2.52. The van der Waals surface area contributed by atoms with E-state index in [0.29, 0.717) is 6.54 Å². The third kappa shape index (κ3) is 6.26. The van der Waals surface area contributed by atoms with Crippen LogP contribution in [0, 0.1) is 5.92 Å². The van der Waals surface area contributed by atoms with E-state index in [0.717, 1.165) is 0 Å². The third-order valence-electron chi connectivity index (χ3n) is 8.88. The predicted octanol–water partition coefficient (Wildman–Crippen LogP) is -7.78. The summed E-state index contributed by atoms with van der Waals surface area (Å²) < 4.78 is 17.6. The Bertz CT molecular complexity index is 908. The highest BCUT2D eigenvalue weighted by Crippen LogP contribution is 2.38. The van der Waals surface area contributed by atoms with E-state index in [1.54, 1.807) is 0 Å². The number of likely N-dealkylation sites (N-methyl/N-ethyl adjacent to an activating group) is 1. The fraction of sp³-hybridized carbons (Fsp3) is 0.958. The Hall–Kier alpha value is -1.13. The summed E-state index contributed by atoms with van der Waals surface area (Å²) >= 11 is 0.